The Hall–Kier alpha value is -5.44. The molecule has 0 N–H and O–H groups in total. The average molecular weight is 1020 g/mol. The Morgan fingerprint density at radius 1 is 0.271 bits per heavy atom. The van der Waals surface area contributed by atoms with Crippen molar-refractivity contribution in [1.82, 2.24) is 0 Å². The molecule has 0 bridgehead atoms. The maximum Gasteiger partial charge on any atom is 0.200 e. The van der Waals surface area contributed by atoms with Crippen LogP contribution in [-0.2, 0) is 0 Å². The first-order chi connectivity index (χ1) is 33.1. The molecule has 5 aromatic rings. The zero-order valence-corrected chi connectivity index (χ0v) is 37.3. The molecule has 5 rings (SSSR count). The molecule has 0 heterocycles. The van der Waals surface area contributed by atoms with Gasteiger partial charge >= 0.3 is 0 Å². The van der Waals surface area contributed by atoms with Gasteiger partial charge in [-0.1, -0.05) is 109 Å². The minimum Gasteiger partial charge on any atom is -0.372 e. The molecule has 0 saturated carbocycles. The molecule has 5 aromatic carbocycles. The normalized spacial score (nSPS) is 11.6. The van der Waals surface area contributed by atoms with Crippen LogP contribution in [0.1, 0.15) is 104 Å². The van der Waals surface area contributed by atoms with Crippen molar-refractivity contribution in [3.05, 3.63) is 147 Å². The lowest BCUT2D eigenvalue weighted by Crippen LogP contribution is -2.81. The van der Waals surface area contributed by atoms with Crippen molar-refractivity contribution in [2.75, 3.05) is 18.0 Å². The molecule has 1 nitrogen and oxygen atoms in total. The third-order valence-corrected chi connectivity index (χ3v) is 11.9. The second-order valence-corrected chi connectivity index (χ2v) is 16.4. The van der Waals surface area contributed by atoms with E-state index in [0.717, 1.165) is 0 Å². The molecule has 0 fully saturated rings. The van der Waals surface area contributed by atoms with Gasteiger partial charge in [-0.15, -0.1) is 21.9 Å². The minimum absolute atomic E-state index is 1.23. The highest BCUT2D eigenvalue weighted by Gasteiger charge is 2.52. The molecule has 0 amide bonds. The maximum atomic E-state index is 15.4. The molecule has 0 aliphatic carbocycles. The maximum absolute atomic E-state index is 15.4. The summed E-state index contributed by atoms with van der Waals surface area (Å²) in [5.41, 5.74) is -12.9. The van der Waals surface area contributed by atoms with Crippen molar-refractivity contribution < 1.29 is 87.8 Å². The van der Waals surface area contributed by atoms with Gasteiger partial charge in [0.05, 0.1) is 0 Å². The second kappa shape index (κ2) is 25.1. The second-order valence-electron chi connectivity index (χ2n) is 16.4. The van der Waals surface area contributed by atoms with Gasteiger partial charge in [-0.05, 0) is 25.0 Å². The van der Waals surface area contributed by atoms with Gasteiger partial charge in [-0.2, -0.15) is 0 Å². The topological polar surface area (TPSA) is 3.24 Å². The first-order valence-electron chi connectivity index (χ1n) is 22.1. The number of rotatable bonds is 21. The number of para-hydroxylation sites is 1. The van der Waals surface area contributed by atoms with E-state index in [1.165, 1.54) is 109 Å². The van der Waals surface area contributed by atoms with E-state index in [4.69, 9.17) is 0 Å². The van der Waals surface area contributed by atoms with E-state index in [0.29, 0.717) is 0 Å². The fourth-order valence-electron chi connectivity index (χ4n) is 8.40. The molecular formula is C48H43BF20N-. The summed E-state index contributed by atoms with van der Waals surface area (Å²) in [5, 5.41) is 0. The van der Waals surface area contributed by atoms with Gasteiger partial charge in [0.15, 0.2) is 69.8 Å². The number of halogens is 20. The van der Waals surface area contributed by atoms with Crippen molar-refractivity contribution in [3.63, 3.8) is 0 Å². The standard InChI is InChI=1S/C24BF20.C24H43N/c26-5-1(6(27)14(35)21(42)13(5)34)25(2-7(28)15(36)22(43)16(37)8(2)29,3-9(30)17(38)23(44)18(39)10(3)31)4-11(32)19(40)24(45)20(41)12(4)33;1-3-5-7-9-11-13-18-22-25(24-20-16-15-17-21-24)23-19-14-12-10-8-6-4-2/h;15-17,20-21H,3-14,18-19,22-23H2,1-2H3/q-1;. The fraction of sp³-hybridized carbons (Fsp3) is 0.375. The van der Waals surface area contributed by atoms with Crippen molar-refractivity contribution >= 4 is 33.7 Å². The number of unbranched alkanes of at least 4 members (excludes halogenated alkanes) is 12. The smallest absolute Gasteiger partial charge is 0.200 e. The summed E-state index contributed by atoms with van der Waals surface area (Å²) in [7, 11) is 0. The fourth-order valence-corrected chi connectivity index (χ4v) is 8.40. The highest BCUT2D eigenvalue weighted by Crippen LogP contribution is 2.31. The van der Waals surface area contributed by atoms with Crippen molar-refractivity contribution in [3.8, 4) is 0 Å². The van der Waals surface area contributed by atoms with Crippen molar-refractivity contribution in [2.45, 2.75) is 104 Å². The Bertz CT molecular complexity index is 2210. The summed E-state index contributed by atoms with van der Waals surface area (Å²) in [6.07, 6.45) is 12.3. The van der Waals surface area contributed by atoms with Crippen LogP contribution in [0.3, 0.4) is 0 Å². The molecule has 70 heavy (non-hydrogen) atoms. The van der Waals surface area contributed by atoms with E-state index in [2.05, 4.69) is 49.1 Å². The number of nitrogens with zero attached hydrogens (tertiary/aromatic N) is 1. The summed E-state index contributed by atoms with van der Waals surface area (Å²) in [6, 6.07) is 11.0. The van der Waals surface area contributed by atoms with Gasteiger partial charge in [-0.3, -0.25) is 0 Å². The largest absolute Gasteiger partial charge is 0.372 e. The number of anilines is 1. The zero-order valence-electron chi connectivity index (χ0n) is 37.3. The SMILES string of the molecule is CCCCCCCCCN(CCCCCCCCC)c1ccccc1.Fc1c(F)c(F)c([B-](c2c(F)c(F)c(F)c(F)c2F)(c2c(F)c(F)c(F)c(F)c2F)c2c(F)c(F)c(F)c(F)c2F)c(F)c1F. The highest BCUT2D eigenvalue weighted by molar-refractivity contribution is 7.20. The van der Waals surface area contributed by atoms with Gasteiger partial charge in [-0.25, -0.2) is 87.8 Å². The van der Waals surface area contributed by atoms with E-state index >= 15 is 35.1 Å². The Balaban J connectivity index is 0.000000361. The van der Waals surface area contributed by atoms with Gasteiger partial charge in [0.25, 0.3) is 0 Å². The molecule has 0 atom stereocenters. The first-order valence-corrected chi connectivity index (χ1v) is 22.1. The molecule has 0 aliphatic rings. The average Bonchev–Trinajstić information content (AvgIpc) is 3.35. The molecule has 22 heteroatoms. The summed E-state index contributed by atoms with van der Waals surface area (Å²) in [6.45, 7) is 7.05. The molecule has 0 unspecified atom stereocenters. The van der Waals surface area contributed by atoms with Crippen molar-refractivity contribution in [1.29, 1.82) is 0 Å². The highest BCUT2D eigenvalue weighted by atomic mass is 19.2. The van der Waals surface area contributed by atoms with Crippen LogP contribution < -0.4 is 26.8 Å². The third kappa shape index (κ3) is 11.3. The Morgan fingerprint density at radius 3 is 0.700 bits per heavy atom. The summed E-state index contributed by atoms with van der Waals surface area (Å²) in [5.74, 6) is -71.4. The molecule has 384 valence electrons. The number of benzene rings is 5. The lowest BCUT2D eigenvalue weighted by atomic mass is 9.12. The van der Waals surface area contributed by atoms with Gasteiger partial charge in [0, 0.05) is 18.8 Å². The van der Waals surface area contributed by atoms with E-state index in [1.807, 2.05) is 0 Å². The van der Waals surface area contributed by atoms with Gasteiger partial charge in [0.2, 0.25) is 0 Å². The number of hydrogen-bond acceptors (Lipinski definition) is 1. The molecule has 0 aromatic heterocycles. The Morgan fingerprint density at radius 2 is 0.471 bits per heavy atom. The first kappa shape index (κ1) is 57.1. The molecule has 0 radical (unpaired) electrons. The van der Waals surface area contributed by atoms with E-state index in [9.17, 15) is 52.7 Å². The van der Waals surface area contributed by atoms with Crippen molar-refractivity contribution in [2.24, 2.45) is 0 Å². The van der Waals surface area contributed by atoms with E-state index in [1.54, 1.807) is 0 Å². The van der Waals surface area contributed by atoms with Crippen LogP contribution in [0.15, 0.2) is 30.3 Å². The summed E-state index contributed by atoms with van der Waals surface area (Å²) < 4.78 is 294. The monoisotopic (exact) mass is 1020 g/mol. The van der Waals surface area contributed by atoms with Crippen LogP contribution in [0.2, 0.25) is 0 Å². The zero-order chi connectivity index (χ0) is 52.4. The predicted octanol–water partition coefficient (Wildman–Crippen LogP) is 13.8. The van der Waals surface area contributed by atoms with Crippen LogP contribution in [0, 0.1) is 116 Å². The summed E-state index contributed by atoms with van der Waals surface area (Å²) >= 11 is 0. The molecule has 0 saturated heterocycles. The lowest BCUT2D eigenvalue weighted by molar-refractivity contribution is 0.378. The van der Waals surface area contributed by atoms with Crippen LogP contribution in [0.25, 0.3) is 0 Å². The molecule has 0 aliphatic heterocycles. The number of hydrogen-bond donors (Lipinski definition) is 0. The predicted molar refractivity (Wildman–Crippen MR) is 224 cm³/mol. The minimum atomic E-state index is -7.22. The van der Waals surface area contributed by atoms with Crippen LogP contribution in [-0.4, -0.2) is 19.2 Å². The lowest BCUT2D eigenvalue weighted by Gasteiger charge is -2.44. The molecule has 0 spiro atoms. The van der Waals surface area contributed by atoms with E-state index in [-0.39, 0.29) is 0 Å². The molecular weight excluding hydrogens is 981 g/mol. The van der Waals surface area contributed by atoms with Gasteiger partial charge in [0.1, 0.15) is 52.7 Å². The third-order valence-electron chi connectivity index (χ3n) is 11.9. The van der Waals surface area contributed by atoms with Gasteiger partial charge < -0.3 is 4.90 Å². The summed E-state index contributed by atoms with van der Waals surface area (Å²) in [4.78, 5) is 2.62. The van der Waals surface area contributed by atoms with Crippen LogP contribution in [0.5, 0.6) is 0 Å². The Kier molecular flexibility index (Phi) is 20.5. The van der Waals surface area contributed by atoms with Crippen LogP contribution in [0.4, 0.5) is 93.5 Å². The Labute approximate surface area is 389 Å². The van der Waals surface area contributed by atoms with Crippen LogP contribution >= 0.6 is 0 Å². The quantitative estimate of drug-likeness (QED) is 0.0233. The van der Waals surface area contributed by atoms with E-state index < -0.39 is 144 Å².